The molecule has 17 heavy (non-hydrogen) atoms. The Balaban J connectivity index is 2.91. The minimum Gasteiger partial charge on any atom is -0.496 e. The van der Waals surface area contributed by atoms with Crippen molar-refractivity contribution in [2.45, 2.75) is 39.8 Å². The molecule has 0 aliphatic carbocycles. The minimum absolute atomic E-state index is 0.363. The molecule has 0 spiro atoms. The molecule has 0 radical (unpaired) electrons. The number of hydrogen-bond acceptors (Lipinski definition) is 3. The number of methoxy groups -OCH3 is 1. The van der Waals surface area contributed by atoms with Gasteiger partial charge in [0.25, 0.3) is 0 Å². The monoisotopic (exact) mass is 237 g/mol. The fourth-order valence-corrected chi connectivity index (χ4v) is 1.71. The molecule has 2 N–H and O–H groups in total. The average molecular weight is 237 g/mol. The average Bonchev–Trinajstić information content (AvgIpc) is 2.28. The third-order valence-electron chi connectivity index (χ3n) is 2.92. The largest absolute Gasteiger partial charge is 0.496 e. The molecule has 1 aromatic rings. The van der Waals surface area contributed by atoms with Crippen molar-refractivity contribution < 1.29 is 9.84 Å². The Labute approximate surface area is 104 Å². The molecule has 96 valence electrons. The number of aliphatic hydroxyl groups excluding tert-OH is 1. The van der Waals surface area contributed by atoms with E-state index in [1.54, 1.807) is 7.11 Å². The molecule has 3 heteroatoms. The number of benzene rings is 1. The van der Waals surface area contributed by atoms with Gasteiger partial charge in [0.05, 0.1) is 13.2 Å². The summed E-state index contributed by atoms with van der Waals surface area (Å²) >= 11 is 0. The second-order valence-corrected chi connectivity index (χ2v) is 4.76. The molecule has 0 bridgehead atoms. The molecule has 0 saturated carbocycles. The first kappa shape index (κ1) is 14.0. The second-order valence-electron chi connectivity index (χ2n) is 4.76. The Morgan fingerprint density at radius 3 is 2.35 bits per heavy atom. The van der Waals surface area contributed by atoms with Crippen LogP contribution in [0.4, 0.5) is 0 Å². The standard InChI is InChI=1S/C14H23NO2/c1-9(2)15-8-13(16)12-6-10(3)11(4)7-14(12)17-5/h6-7,9,13,15-16H,8H2,1-5H3. The topological polar surface area (TPSA) is 41.5 Å². The van der Waals surface area contributed by atoms with E-state index in [2.05, 4.69) is 19.2 Å². The van der Waals surface area contributed by atoms with Crippen molar-refractivity contribution in [3.05, 3.63) is 28.8 Å². The van der Waals surface area contributed by atoms with E-state index in [1.165, 1.54) is 11.1 Å². The Kier molecular flexibility index (Phi) is 4.97. The summed E-state index contributed by atoms with van der Waals surface area (Å²) in [4.78, 5) is 0. The Bertz CT molecular complexity index is 375. The summed E-state index contributed by atoms with van der Waals surface area (Å²) in [5, 5.41) is 13.4. The van der Waals surface area contributed by atoms with E-state index < -0.39 is 6.10 Å². The smallest absolute Gasteiger partial charge is 0.124 e. The van der Waals surface area contributed by atoms with Crippen LogP contribution in [0.15, 0.2) is 12.1 Å². The van der Waals surface area contributed by atoms with E-state index in [9.17, 15) is 5.11 Å². The zero-order valence-corrected chi connectivity index (χ0v) is 11.4. The summed E-state index contributed by atoms with van der Waals surface area (Å²) < 4.78 is 5.32. The van der Waals surface area contributed by atoms with Crippen molar-refractivity contribution in [1.82, 2.24) is 5.32 Å². The van der Waals surface area contributed by atoms with Crippen LogP contribution >= 0.6 is 0 Å². The van der Waals surface area contributed by atoms with Crippen LogP contribution in [-0.2, 0) is 0 Å². The lowest BCUT2D eigenvalue weighted by atomic mass is 10.0. The van der Waals surface area contributed by atoms with Crippen LogP contribution in [0.25, 0.3) is 0 Å². The first-order valence-electron chi connectivity index (χ1n) is 6.02. The highest BCUT2D eigenvalue weighted by molar-refractivity contribution is 5.43. The number of nitrogens with one attached hydrogen (secondary N) is 1. The highest BCUT2D eigenvalue weighted by atomic mass is 16.5. The normalized spacial score (nSPS) is 12.9. The van der Waals surface area contributed by atoms with Gasteiger partial charge in [0, 0.05) is 18.2 Å². The summed E-state index contributed by atoms with van der Waals surface area (Å²) in [5.41, 5.74) is 3.20. The Hall–Kier alpha value is -1.06. The van der Waals surface area contributed by atoms with Crippen LogP contribution in [0.2, 0.25) is 0 Å². The molecular formula is C14H23NO2. The van der Waals surface area contributed by atoms with Crippen molar-refractivity contribution in [2.75, 3.05) is 13.7 Å². The van der Waals surface area contributed by atoms with Crippen LogP contribution < -0.4 is 10.1 Å². The lowest BCUT2D eigenvalue weighted by molar-refractivity contribution is 0.167. The highest BCUT2D eigenvalue weighted by Crippen LogP contribution is 2.28. The van der Waals surface area contributed by atoms with Crippen LogP contribution in [0.1, 0.15) is 36.6 Å². The maximum atomic E-state index is 10.2. The minimum atomic E-state index is -0.536. The number of aryl methyl sites for hydroxylation is 2. The van der Waals surface area contributed by atoms with Gasteiger partial charge in [-0.1, -0.05) is 13.8 Å². The fraction of sp³-hybridized carbons (Fsp3) is 0.571. The predicted octanol–water partition coefficient (Wildman–Crippen LogP) is 2.34. The maximum absolute atomic E-state index is 10.2. The van der Waals surface area contributed by atoms with Crippen LogP contribution in [-0.4, -0.2) is 24.8 Å². The number of ether oxygens (including phenoxy) is 1. The molecule has 0 aromatic heterocycles. The van der Waals surface area contributed by atoms with Gasteiger partial charge in [-0.25, -0.2) is 0 Å². The van der Waals surface area contributed by atoms with Gasteiger partial charge in [0.15, 0.2) is 0 Å². The molecule has 0 aliphatic rings. The summed E-state index contributed by atoms with van der Waals surface area (Å²) in [5.74, 6) is 0.756. The van der Waals surface area contributed by atoms with Gasteiger partial charge in [-0.3, -0.25) is 0 Å². The number of hydrogen-bond donors (Lipinski definition) is 2. The lowest BCUT2D eigenvalue weighted by Gasteiger charge is -2.18. The number of aliphatic hydroxyl groups is 1. The molecular weight excluding hydrogens is 214 g/mol. The second kappa shape index (κ2) is 6.03. The molecule has 1 rings (SSSR count). The third-order valence-corrected chi connectivity index (χ3v) is 2.92. The van der Waals surface area contributed by atoms with Crippen molar-refractivity contribution in [1.29, 1.82) is 0 Å². The molecule has 1 aromatic carbocycles. The van der Waals surface area contributed by atoms with Crippen LogP contribution in [0, 0.1) is 13.8 Å². The summed E-state index contributed by atoms with van der Waals surface area (Å²) in [6.45, 7) is 8.74. The van der Waals surface area contributed by atoms with Crippen molar-refractivity contribution >= 4 is 0 Å². The molecule has 0 fully saturated rings. The molecule has 0 aliphatic heterocycles. The van der Waals surface area contributed by atoms with Crippen molar-refractivity contribution in [3.63, 3.8) is 0 Å². The molecule has 3 nitrogen and oxygen atoms in total. The van der Waals surface area contributed by atoms with Crippen LogP contribution in [0.3, 0.4) is 0 Å². The first-order chi connectivity index (χ1) is 7.95. The van der Waals surface area contributed by atoms with Gasteiger partial charge in [0.2, 0.25) is 0 Å². The molecule has 1 atom stereocenters. The number of rotatable bonds is 5. The predicted molar refractivity (Wildman–Crippen MR) is 70.6 cm³/mol. The van der Waals surface area contributed by atoms with E-state index in [4.69, 9.17) is 4.74 Å². The Morgan fingerprint density at radius 2 is 1.82 bits per heavy atom. The summed E-state index contributed by atoms with van der Waals surface area (Å²) in [7, 11) is 1.64. The zero-order chi connectivity index (χ0) is 13.0. The fourth-order valence-electron chi connectivity index (χ4n) is 1.71. The molecule has 0 amide bonds. The zero-order valence-electron chi connectivity index (χ0n) is 11.4. The molecule has 0 heterocycles. The van der Waals surface area contributed by atoms with Gasteiger partial charge in [0.1, 0.15) is 5.75 Å². The van der Waals surface area contributed by atoms with Gasteiger partial charge in [-0.15, -0.1) is 0 Å². The SMILES string of the molecule is COc1cc(C)c(C)cc1C(O)CNC(C)C. The van der Waals surface area contributed by atoms with Crippen LogP contribution in [0.5, 0.6) is 5.75 Å². The van der Waals surface area contributed by atoms with E-state index >= 15 is 0 Å². The first-order valence-corrected chi connectivity index (χ1v) is 6.02. The highest BCUT2D eigenvalue weighted by Gasteiger charge is 2.14. The van der Waals surface area contributed by atoms with Gasteiger partial charge >= 0.3 is 0 Å². The lowest BCUT2D eigenvalue weighted by Crippen LogP contribution is -2.28. The quantitative estimate of drug-likeness (QED) is 0.826. The third kappa shape index (κ3) is 3.72. The molecule has 1 unspecified atom stereocenters. The van der Waals surface area contributed by atoms with Crippen molar-refractivity contribution in [2.24, 2.45) is 0 Å². The van der Waals surface area contributed by atoms with E-state index in [1.807, 2.05) is 26.0 Å². The van der Waals surface area contributed by atoms with E-state index in [0.717, 1.165) is 11.3 Å². The maximum Gasteiger partial charge on any atom is 0.124 e. The van der Waals surface area contributed by atoms with Gasteiger partial charge in [-0.05, 0) is 37.1 Å². The Morgan fingerprint density at radius 1 is 1.24 bits per heavy atom. The van der Waals surface area contributed by atoms with Gasteiger partial charge in [-0.2, -0.15) is 0 Å². The van der Waals surface area contributed by atoms with E-state index in [-0.39, 0.29) is 0 Å². The molecule has 0 saturated heterocycles. The summed E-state index contributed by atoms with van der Waals surface area (Å²) in [6, 6.07) is 4.34. The van der Waals surface area contributed by atoms with Crippen molar-refractivity contribution in [3.8, 4) is 5.75 Å². The summed E-state index contributed by atoms with van der Waals surface area (Å²) in [6.07, 6.45) is -0.536. The van der Waals surface area contributed by atoms with E-state index in [0.29, 0.717) is 12.6 Å². The van der Waals surface area contributed by atoms with Gasteiger partial charge < -0.3 is 15.2 Å².